The molecule has 2 aliphatic rings. The average molecular weight is 305 g/mol. The Balaban J connectivity index is 1.79. The maximum atomic E-state index is 12.5. The summed E-state index contributed by atoms with van der Waals surface area (Å²) < 4.78 is 0. The summed E-state index contributed by atoms with van der Waals surface area (Å²) in [5.74, 6) is 0.413. The molecular formula is C15H19N3O2S. The molecule has 112 valence electrons. The third-order valence-electron chi connectivity index (χ3n) is 4.06. The summed E-state index contributed by atoms with van der Waals surface area (Å²) in [7, 11) is 0. The molecule has 6 heteroatoms. The van der Waals surface area contributed by atoms with E-state index in [1.165, 1.54) is 11.8 Å². The zero-order valence-corrected chi connectivity index (χ0v) is 12.8. The highest BCUT2D eigenvalue weighted by Gasteiger charge is 2.28. The Bertz CT molecular complexity index is 590. The fourth-order valence-corrected chi connectivity index (χ4v) is 3.66. The standard InChI is InChI=1S/C15H19N3O2S/c1-9-14(19)17-12-6-11(2-3-13(12)21-9)15(20)18-5-4-10(7-16)8-18/h2-3,6,9-10H,4-5,7-8,16H2,1H3,(H,17,19)/t9-,10+/m1/s1. The van der Waals surface area contributed by atoms with E-state index < -0.39 is 0 Å². The highest BCUT2D eigenvalue weighted by molar-refractivity contribution is 8.00. The van der Waals surface area contributed by atoms with Crippen LogP contribution >= 0.6 is 11.8 Å². The highest BCUT2D eigenvalue weighted by Crippen LogP contribution is 2.36. The second kappa shape index (κ2) is 5.69. The fraction of sp³-hybridized carbons (Fsp3) is 0.467. The average Bonchev–Trinajstić information content (AvgIpc) is 2.96. The SMILES string of the molecule is C[C@H]1Sc2ccc(C(=O)N3CC[C@@H](CN)C3)cc2NC1=O. The molecule has 2 amide bonds. The molecule has 3 N–H and O–H groups in total. The Hall–Kier alpha value is -1.53. The molecule has 21 heavy (non-hydrogen) atoms. The molecule has 0 spiro atoms. The van der Waals surface area contributed by atoms with Gasteiger partial charge >= 0.3 is 0 Å². The second-order valence-electron chi connectivity index (χ2n) is 5.60. The zero-order valence-electron chi connectivity index (χ0n) is 12.0. The van der Waals surface area contributed by atoms with Crippen LogP contribution in [0.2, 0.25) is 0 Å². The van der Waals surface area contributed by atoms with Gasteiger partial charge in [-0.25, -0.2) is 0 Å². The van der Waals surface area contributed by atoms with Crippen LogP contribution in [-0.4, -0.2) is 41.6 Å². The van der Waals surface area contributed by atoms with Crippen molar-refractivity contribution in [2.45, 2.75) is 23.5 Å². The summed E-state index contributed by atoms with van der Waals surface area (Å²) in [4.78, 5) is 27.1. The van der Waals surface area contributed by atoms with Crippen LogP contribution in [0.3, 0.4) is 0 Å². The second-order valence-corrected chi connectivity index (χ2v) is 6.98. The van der Waals surface area contributed by atoms with Gasteiger partial charge in [0.05, 0.1) is 10.9 Å². The Morgan fingerprint density at radius 3 is 3.05 bits per heavy atom. The minimum absolute atomic E-state index is 0.0125. The van der Waals surface area contributed by atoms with Crippen molar-refractivity contribution in [3.05, 3.63) is 23.8 Å². The smallest absolute Gasteiger partial charge is 0.253 e. The number of likely N-dealkylation sites (tertiary alicyclic amines) is 1. The first kappa shape index (κ1) is 14.4. The molecule has 0 saturated carbocycles. The van der Waals surface area contributed by atoms with Gasteiger partial charge in [-0.1, -0.05) is 0 Å². The molecule has 2 atom stereocenters. The zero-order chi connectivity index (χ0) is 15.0. The monoisotopic (exact) mass is 305 g/mol. The fourth-order valence-electron chi connectivity index (χ4n) is 2.73. The number of thioether (sulfide) groups is 1. The number of nitrogens with two attached hydrogens (primary N) is 1. The number of fused-ring (bicyclic) bond motifs is 1. The third kappa shape index (κ3) is 2.78. The minimum Gasteiger partial charge on any atom is -0.338 e. The van der Waals surface area contributed by atoms with Crippen LogP contribution in [0.15, 0.2) is 23.1 Å². The Labute approximate surface area is 128 Å². The van der Waals surface area contributed by atoms with Crippen LogP contribution in [0.4, 0.5) is 5.69 Å². The van der Waals surface area contributed by atoms with Crippen molar-refractivity contribution >= 4 is 29.3 Å². The van der Waals surface area contributed by atoms with E-state index >= 15 is 0 Å². The lowest BCUT2D eigenvalue weighted by atomic mass is 10.1. The minimum atomic E-state index is -0.0945. The molecule has 0 aromatic heterocycles. The van der Waals surface area contributed by atoms with Gasteiger partial charge in [-0.15, -0.1) is 11.8 Å². The van der Waals surface area contributed by atoms with E-state index in [0.29, 0.717) is 18.0 Å². The number of hydrogen-bond acceptors (Lipinski definition) is 4. The molecule has 0 aliphatic carbocycles. The summed E-state index contributed by atoms with van der Waals surface area (Å²) in [5.41, 5.74) is 7.03. The molecule has 2 heterocycles. The molecule has 5 nitrogen and oxygen atoms in total. The molecule has 1 aromatic rings. The van der Waals surface area contributed by atoms with Gasteiger partial charge in [0.2, 0.25) is 5.91 Å². The molecule has 1 saturated heterocycles. The van der Waals surface area contributed by atoms with Gasteiger partial charge in [-0.3, -0.25) is 9.59 Å². The normalized spacial score (nSPS) is 24.7. The van der Waals surface area contributed by atoms with E-state index in [1.807, 2.05) is 24.0 Å². The lowest BCUT2D eigenvalue weighted by Gasteiger charge is -2.23. The first-order valence-electron chi connectivity index (χ1n) is 7.19. The van der Waals surface area contributed by atoms with E-state index in [-0.39, 0.29) is 17.1 Å². The third-order valence-corrected chi connectivity index (χ3v) is 5.24. The predicted molar refractivity (Wildman–Crippen MR) is 83.5 cm³/mol. The van der Waals surface area contributed by atoms with Crippen LogP contribution in [-0.2, 0) is 4.79 Å². The first-order valence-corrected chi connectivity index (χ1v) is 8.07. The molecule has 3 rings (SSSR count). The lowest BCUT2D eigenvalue weighted by molar-refractivity contribution is -0.115. The molecule has 1 aromatic carbocycles. The molecule has 0 radical (unpaired) electrons. The number of anilines is 1. The van der Waals surface area contributed by atoms with Gasteiger partial charge in [-0.05, 0) is 44.0 Å². The topological polar surface area (TPSA) is 75.4 Å². The van der Waals surface area contributed by atoms with Gasteiger partial charge < -0.3 is 16.0 Å². The molecule has 0 unspecified atom stereocenters. The van der Waals surface area contributed by atoms with E-state index in [1.54, 1.807) is 6.07 Å². The Morgan fingerprint density at radius 2 is 2.33 bits per heavy atom. The van der Waals surface area contributed by atoms with Gasteiger partial charge in [-0.2, -0.15) is 0 Å². The quantitative estimate of drug-likeness (QED) is 0.869. The number of nitrogens with zero attached hydrogens (tertiary/aromatic N) is 1. The van der Waals surface area contributed by atoms with Crippen LogP contribution < -0.4 is 11.1 Å². The summed E-state index contributed by atoms with van der Waals surface area (Å²) >= 11 is 1.52. The van der Waals surface area contributed by atoms with Gasteiger partial charge in [0.1, 0.15) is 0 Å². The van der Waals surface area contributed by atoms with Crippen LogP contribution in [0, 0.1) is 5.92 Å². The van der Waals surface area contributed by atoms with Crippen molar-refractivity contribution < 1.29 is 9.59 Å². The number of benzene rings is 1. The van der Waals surface area contributed by atoms with Gasteiger partial charge in [0, 0.05) is 23.5 Å². The summed E-state index contributed by atoms with van der Waals surface area (Å²) in [6.07, 6.45) is 0.970. The number of carbonyl (C=O) groups excluding carboxylic acids is 2. The van der Waals surface area contributed by atoms with Crippen molar-refractivity contribution in [3.63, 3.8) is 0 Å². The predicted octanol–water partition coefficient (Wildman–Crippen LogP) is 1.54. The van der Waals surface area contributed by atoms with Crippen molar-refractivity contribution in [1.29, 1.82) is 0 Å². The number of nitrogens with one attached hydrogen (secondary N) is 1. The van der Waals surface area contributed by atoms with Crippen LogP contribution in [0.5, 0.6) is 0 Å². The van der Waals surface area contributed by atoms with E-state index in [9.17, 15) is 9.59 Å². The van der Waals surface area contributed by atoms with Crippen molar-refractivity contribution in [3.8, 4) is 0 Å². The molecule has 0 bridgehead atoms. The van der Waals surface area contributed by atoms with E-state index in [4.69, 9.17) is 5.73 Å². The number of carbonyl (C=O) groups is 2. The first-order chi connectivity index (χ1) is 10.1. The molecule has 1 fully saturated rings. The maximum Gasteiger partial charge on any atom is 0.253 e. The van der Waals surface area contributed by atoms with Crippen molar-refractivity contribution in [2.75, 3.05) is 25.0 Å². The van der Waals surface area contributed by atoms with E-state index in [0.717, 1.165) is 30.1 Å². The summed E-state index contributed by atoms with van der Waals surface area (Å²) in [5, 5.41) is 2.77. The molecule has 2 aliphatic heterocycles. The Morgan fingerprint density at radius 1 is 1.52 bits per heavy atom. The van der Waals surface area contributed by atoms with E-state index in [2.05, 4.69) is 5.32 Å². The van der Waals surface area contributed by atoms with Crippen molar-refractivity contribution in [1.82, 2.24) is 4.90 Å². The summed E-state index contributed by atoms with van der Waals surface area (Å²) in [6.45, 7) is 3.98. The highest BCUT2D eigenvalue weighted by atomic mass is 32.2. The molecular weight excluding hydrogens is 286 g/mol. The Kier molecular flexibility index (Phi) is 3.91. The van der Waals surface area contributed by atoms with Crippen molar-refractivity contribution in [2.24, 2.45) is 11.7 Å². The van der Waals surface area contributed by atoms with Gasteiger partial charge in [0.15, 0.2) is 0 Å². The lowest BCUT2D eigenvalue weighted by Crippen LogP contribution is -2.30. The summed E-state index contributed by atoms with van der Waals surface area (Å²) in [6, 6.07) is 5.54. The van der Waals surface area contributed by atoms with Gasteiger partial charge in [0.25, 0.3) is 5.91 Å². The maximum absolute atomic E-state index is 12.5. The van der Waals surface area contributed by atoms with Crippen LogP contribution in [0.25, 0.3) is 0 Å². The number of amides is 2. The number of rotatable bonds is 2. The largest absolute Gasteiger partial charge is 0.338 e. The number of hydrogen-bond donors (Lipinski definition) is 2. The van der Waals surface area contributed by atoms with Crippen LogP contribution in [0.1, 0.15) is 23.7 Å².